The van der Waals surface area contributed by atoms with E-state index < -0.39 is 0 Å². The van der Waals surface area contributed by atoms with Crippen LogP contribution in [0, 0.1) is 5.82 Å². The molecule has 0 radical (unpaired) electrons. The number of rotatable bonds is 1. The van der Waals surface area contributed by atoms with E-state index in [1.165, 1.54) is 12.1 Å². The van der Waals surface area contributed by atoms with Crippen LogP contribution in [0.1, 0.15) is 0 Å². The lowest BCUT2D eigenvalue weighted by Gasteiger charge is -2.06. The third-order valence-electron chi connectivity index (χ3n) is 2.88. The van der Waals surface area contributed by atoms with Gasteiger partial charge in [0.2, 0.25) is 0 Å². The molecule has 0 amide bonds. The molecule has 5 heteroatoms. The molecule has 0 aliphatic heterocycles. The Kier molecular flexibility index (Phi) is 2.91. The van der Waals surface area contributed by atoms with Gasteiger partial charge in [-0.1, -0.05) is 12.1 Å². The Morgan fingerprint density at radius 2 is 1.84 bits per heavy atom. The average Bonchev–Trinajstić information content (AvgIpc) is 2.41. The van der Waals surface area contributed by atoms with Gasteiger partial charge in [-0.05, 0) is 46.3 Å². The molecule has 3 rings (SSSR count). The van der Waals surface area contributed by atoms with E-state index in [2.05, 4.69) is 26.1 Å². The van der Waals surface area contributed by atoms with Gasteiger partial charge in [0.15, 0.2) is 0 Å². The Morgan fingerprint density at radius 3 is 2.58 bits per heavy atom. The number of aromatic nitrogens is 2. The van der Waals surface area contributed by atoms with Gasteiger partial charge in [-0.25, -0.2) is 9.49 Å². The summed E-state index contributed by atoms with van der Waals surface area (Å²) in [6.07, 6.45) is 0. The maximum atomic E-state index is 13.0. The number of fused-ring (bicyclic) bond motifs is 1. The van der Waals surface area contributed by atoms with Crippen molar-refractivity contribution in [1.29, 1.82) is 0 Å². The molecule has 1 N–H and O–H groups in total. The number of benzene rings is 2. The van der Waals surface area contributed by atoms with E-state index in [0.29, 0.717) is 15.6 Å². The predicted molar refractivity (Wildman–Crippen MR) is 75.5 cm³/mol. The van der Waals surface area contributed by atoms with Crippen LogP contribution in [-0.2, 0) is 0 Å². The Labute approximate surface area is 116 Å². The van der Waals surface area contributed by atoms with Crippen molar-refractivity contribution < 1.29 is 4.39 Å². The summed E-state index contributed by atoms with van der Waals surface area (Å²) in [5.41, 5.74) is 1.12. The molecule has 0 saturated carbocycles. The lowest BCUT2D eigenvalue weighted by Crippen LogP contribution is -2.10. The Hall–Kier alpha value is -2.01. The van der Waals surface area contributed by atoms with Crippen molar-refractivity contribution in [3.63, 3.8) is 0 Å². The van der Waals surface area contributed by atoms with E-state index in [0.717, 1.165) is 10.9 Å². The zero-order valence-electron chi connectivity index (χ0n) is 9.65. The van der Waals surface area contributed by atoms with Gasteiger partial charge in [0.1, 0.15) is 5.82 Å². The summed E-state index contributed by atoms with van der Waals surface area (Å²) in [4.78, 5) is 11.8. The second kappa shape index (κ2) is 4.59. The minimum atomic E-state index is -0.307. The minimum Gasteiger partial charge on any atom is -0.267 e. The highest BCUT2D eigenvalue weighted by Crippen LogP contribution is 2.28. The molecule has 0 aliphatic rings. The monoisotopic (exact) mass is 318 g/mol. The molecule has 0 spiro atoms. The molecule has 0 saturated heterocycles. The summed E-state index contributed by atoms with van der Waals surface area (Å²) in [6, 6.07) is 11.5. The molecule has 3 aromatic rings. The summed E-state index contributed by atoms with van der Waals surface area (Å²) in [6.45, 7) is 0. The summed E-state index contributed by atoms with van der Waals surface area (Å²) in [5.74, 6) is -0.307. The molecule has 1 aromatic heterocycles. The van der Waals surface area contributed by atoms with Crippen LogP contribution in [0.5, 0.6) is 0 Å². The van der Waals surface area contributed by atoms with Crippen molar-refractivity contribution in [3.05, 3.63) is 63.1 Å². The summed E-state index contributed by atoms with van der Waals surface area (Å²) in [7, 11) is 0. The summed E-state index contributed by atoms with van der Waals surface area (Å²) >= 11 is 3.36. The molecule has 0 aliphatic carbocycles. The molecule has 0 atom stereocenters. The fourth-order valence-electron chi connectivity index (χ4n) is 2.00. The predicted octanol–water partition coefficient (Wildman–Crippen LogP) is 3.49. The van der Waals surface area contributed by atoms with Crippen LogP contribution in [-0.4, -0.2) is 10.2 Å². The lowest BCUT2D eigenvalue weighted by molar-refractivity contribution is 0.628. The minimum absolute atomic E-state index is 0.256. The number of aromatic amines is 1. The first-order valence-electron chi connectivity index (χ1n) is 5.59. The average molecular weight is 319 g/mol. The lowest BCUT2D eigenvalue weighted by atomic mass is 10.1. The highest BCUT2D eigenvalue weighted by Gasteiger charge is 2.10. The zero-order chi connectivity index (χ0) is 13.4. The van der Waals surface area contributed by atoms with Gasteiger partial charge in [-0.2, -0.15) is 5.10 Å². The van der Waals surface area contributed by atoms with Crippen LogP contribution in [0.4, 0.5) is 4.39 Å². The van der Waals surface area contributed by atoms with Gasteiger partial charge in [-0.3, -0.25) is 4.79 Å². The Balaban J connectivity index is 2.37. The molecule has 0 unspecified atom stereocenters. The number of nitrogens with zero attached hydrogens (tertiary/aromatic N) is 1. The number of halogens is 2. The number of nitrogens with one attached hydrogen (secondary N) is 1. The van der Waals surface area contributed by atoms with E-state index >= 15 is 0 Å². The van der Waals surface area contributed by atoms with Gasteiger partial charge in [-0.15, -0.1) is 0 Å². The van der Waals surface area contributed by atoms with Crippen molar-refractivity contribution in [1.82, 2.24) is 10.2 Å². The van der Waals surface area contributed by atoms with Crippen LogP contribution >= 0.6 is 15.9 Å². The van der Waals surface area contributed by atoms with Crippen molar-refractivity contribution in [2.75, 3.05) is 0 Å². The SMILES string of the molecule is O=c1[nH]nc(-c2ccc(F)cc2)c2cccc(Br)c12. The van der Waals surface area contributed by atoms with E-state index in [1.54, 1.807) is 18.2 Å². The molecule has 19 heavy (non-hydrogen) atoms. The van der Waals surface area contributed by atoms with Crippen molar-refractivity contribution >= 4 is 26.7 Å². The summed E-state index contributed by atoms with van der Waals surface area (Å²) in [5, 5.41) is 7.80. The molecule has 94 valence electrons. The number of hydrogen-bond donors (Lipinski definition) is 1. The normalized spacial score (nSPS) is 10.8. The topological polar surface area (TPSA) is 45.8 Å². The van der Waals surface area contributed by atoms with Gasteiger partial charge in [0, 0.05) is 15.4 Å². The third kappa shape index (κ3) is 2.06. The smallest absolute Gasteiger partial charge is 0.267 e. The van der Waals surface area contributed by atoms with E-state index in [9.17, 15) is 9.18 Å². The molecule has 3 nitrogen and oxygen atoms in total. The first-order chi connectivity index (χ1) is 9.16. The summed E-state index contributed by atoms with van der Waals surface area (Å²) < 4.78 is 13.7. The Morgan fingerprint density at radius 1 is 1.11 bits per heavy atom. The zero-order valence-corrected chi connectivity index (χ0v) is 11.2. The number of hydrogen-bond acceptors (Lipinski definition) is 2. The quantitative estimate of drug-likeness (QED) is 0.746. The van der Waals surface area contributed by atoms with Crippen LogP contribution in [0.3, 0.4) is 0 Å². The second-order valence-corrected chi connectivity index (χ2v) is 4.92. The van der Waals surface area contributed by atoms with Crippen molar-refractivity contribution in [2.45, 2.75) is 0 Å². The first kappa shape index (κ1) is 12.0. The fraction of sp³-hybridized carbons (Fsp3) is 0. The largest absolute Gasteiger partial charge is 0.273 e. The molecule has 2 aromatic carbocycles. The van der Waals surface area contributed by atoms with Crippen LogP contribution < -0.4 is 5.56 Å². The molecule has 1 heterocycles. The maximum absolute atomic E-state index is 13.0. The van der Waals surface area contributed by atoms with E-state index in [1.807, 2.05) is 12.1 Å². The van der Waals surface area contributed by atoms with Crippen molar-refractivity contribution in [2.24, 2.45) is 0 Å². The maximum Gasteiger partial charge on any atom is 0.273 e. The standard InChI is InChI=1S/C14H8BrFN2O/c15-11-3-1-2-10-12(11)14(19)18-17-13(10)8-4-6-9(16)7-5-8/h1-7H,(H,18,19). The van der Waals surface area contributed by atoms with Gasteiger partial charge in [0.25, 0.3) is 5.56 Å². The van der Waals surface area contributed by atoms with Crippen LogP contribution in [0.25, 0.3) is 22.0 Å². The third-order valence-corrected chi connectivity index (χ3v) is 3.54. The van der Waals surface area contributed by atoms with E-state index in [4.69, 9.17) is 0 Å². The van der Waals surface area contributed by atoms with Gasteiger partial charge < -0.3 is 0 Å². The second-order valence-electron chi connectivity index (χ2n) is 4.07. The number of H-pyrrole nitrogens is 1. The Bertz CT molecular complexity index is 812. The molecule has 0 bridgehead atoms. The highest BCUT2D eigenvalue weighted by atomic mass is 79.9. The first-order valence-corrected chi connectivity index (χ1v) is 6.39. The fourth-order valence-corrected chi connectivity index (χ4v) is 2.55. The van der Waals surface area contributed by atoms with Crippen LogP contribution in [0.2, 0.25) is 0 Å². The molecular weight excluding hydrogens is 311 g/mol. The van der Waals surface area contributed by atoms with Crippen LogP contribution in [0.15, 0.2) is 51.7 Å². The van der Waals surface area contributed by atoms with E-state index in [-0.39, 0.29) is 11.4 Å². The van der Waals surface area contributed by atoms with Crippen molar-refractivity contribution in [3.8, 4) is 11.3 Å². The molecule has 0 fully saturated rings. The highest BCUT2D eigenvalue weighted by molar-refractivity contribution is 9.10. The van der Waals surface area contributed by atoms with Gasteiger partial charge in [0.05, 0.1) is 11.1 Å². The van der Waals surface area contributed by atoms with Gasteiger partial charge >= 0.3 is 0 Å². The molecular formula is C14H8BrFN2O.